The van der Waals surface area contributed by atoms with E-state index in [0.717, 1.165) is 5.92 Å². The molecule has 0 bridgehead atoms. The molecule has 78 valence electrons. The second-order valence-electron chi connectivity index (χ2n) is 4.50. The molecule has 1 aromatic carbocycles. The molecule has 0 spiro atoms. The highest BCUT2D eigenvalue weighted by Gasteiger charge is 1.99. The topological polar surface area (TPSA) is 3.24 Å². The molecule has 0 aromatic heterocycles. The average Bonchev–Trinajstić information content (AvgIpc) is 2.15. The van der Waals surface area contributed by atoms with Crippen molar-refractivity contribution in [3.8, 4) is 0 Å². The standard InChI is InChI=1S/C13H21N/c1-11(2)8-9-12-6-5-7-13(10-12)14(3)4/h5-7,10-11H,8-9H2,1-4H3. The number of rotatable bonds is 4. The van der Waals surface area contributed by atoms with Crippen molar-refractivity contribution in [3.05, 3.63) is 29.8 Å². The molecule has 0 aliphatic rings. The smallest absolute Gasteiger partial charge is 0.0363 e. The van der Waals surface area contributed by atoms with E-state index in [1.807, 2.05) is 0 Å². The van der Waals surface area contributed by atoms with Gasteiger partial charge in [-0.25, -0.2) is 0 Å². The molecule has 0 aliphatic carbocycles. The maximum Gasteiger partial charge on any atom is 0.0363 e. The molecule has 0 saturated carbocycles. The van der Waals surface area contributed by atoms with Crippen LogP contribution in [0.15, 0.2) is 24.3 Å². The molecule has 0 unspecified atom stereocenters. The Morgan fingerprint density at radius 2 is 1.93 bits per heavy atom. The first-order valence-corrected chi connectivity index (χ1v) is 5.36. The minimum absolute atomic E-state index is 0.790. The Balaban J connectivity index is 2.64. The van der Waals surface area contributed by atoms with Gasteiger partial charge in [-0.2, -0.15) is 0 Å². The first-order valence-electron chi connectivity index (χ1n) is 5.36. The van der Waals surface area contributed by atoms with E-state index in [2.05, 4.69) is 57.1 Å². The van der Waals surface area contributed by atoms with Gasteiger partial charge < -0.3 is 4.90 Å². The van der Waals surface area contributed by atoms with Crippen LogP contribution in [0.2, 0.25) is 0 Å². The number of anilines is 1. The first-order chi connectivity index (χ1) is 6.59. The molecule has 1 heteroatoms. The lowest BCUT2D eigenvalue weighted by molar-refractivity contribution is 0.587. The van der Waals surface area contributed by atoms with Gasteiger partial charge in [0.05, 0.1) is 0 Å². The Morgan fingerprint density at radius 1 is 1.21 bits per heavy atom. The molecule has 0 saturated heterocycles. The molecule has 0 fully saturated rings. The lowest BCUT2D eigenvalue weighted by Crippen LogP contribution is -2.08. The number of benzene rings is 1. The molecule has 14 heavy (non-hydrogen) atoms. The maximum atomic E-state index is 2.28. The van der Waals surface area contributed by atoms with E-state index in [1.165, 1.54) is 24.1 Å². The van der Waals surface area contributed by atoms with Crippen molar-refractivity contribution >= 4 is 5.69 Å². The highest BCUT2D eigenvalue weighted by Crippen LogP contribution is 2.16. The lowest BCUT2D eigenvalue weighted by Gasteiger charge is -2.13. The van der Waals surface area contributed by atoms with Crippen LogP contribution in [0.3, 0.4) is 0 Å². The minimum Gasteiger partial charge on any atom is -0.378 e. The van der Waals surface area contributed by atoms with Crippen molar-refractivity contribution in [2.24, 2.45) is 5.92 Å². The third kappa shape index (κ3) is 3.41. The second-order valence-corrected chi connectivity index (χ2v) is 4.50. The van der Waals surface area contributed by atoms with E-state index in [1.54, 1.807) is 0 Å². The predicted octanol–water partition coefficient (Wildman–Crippen LogP) is 3.34. The zero-order valence-corrected chi connectivity index (χ0v) is 9.75. The van der Waals surface area contributed by atoms with E-state index < -0.39 is 0 Å². The SMILES string of the molecule is CC(C)CCc1cccc(N(C)C)c1. The molecule has 0 N–H and O–H groups in total. The van der Waals surface area contributed by atoms with Crippen LogP contribution in [0.5, 0.6) is 0 Å². The van der Waals surface area contributed by atoms with Crippen molar-refractivity contribution in [1.29, 1.82) is 0 Å². The van der Waals surface area contributed by atoms with Gasteiger partial charge in [-0.05, 0) is 36.5 Å². The van der Waals surface area contributed by atoms with E-state index in [0.29, 0.717) is 0 Å². The number of hydrogen-bond acceptors (Lipinski definition) is 1. The van der Waals surface area contributed by atoms with Crippen LogP contribution in [0.4, 0.5) is 5.69 Å². The summed E-state index contributed by atoms with van der Waals surface area (Å²) in [6.07, 6.45) is 2.47. The summed E-state index contributed by atoms with van der Waals surface area (Å²) < 4.78 is 0. The quantitative estimate of drug-likeness (QED) is 0.705. The third-order valence-electron chi connectivity index (χ3n) is 2.44. The van der Waals surface area contributed by atoms with E-state index >= 15 is 0 Å². The van der Waals surface area contributed by atoms with Crippen LogP contribution in [0.1, 0.15) is 25.8 Å². The van der Waals surface area contributed by atoms with Gasteiger partial charge in [0, 0.05) is 19.8 Å². The first kappa shape index (κ1) is 11.1. The maximum absolute atomic E-state index is 2.28. The van der Waals surface area contributed by atoms with Gasteiger partial charge in [0.2, 0.25) is 0 Å². The Morgan fingerprint density at radius 3 is 2.50 bits per heavy atom. The highest BCUT2D eigenvalue weighted by molar-refractivity contribution is 5.47. The molecule has 1 aromatic rings. The average molecular weight is 191 g/mol. The van der Waals surface area contributed by atoms with Crippen molar-refractivity contribution < 1.29 is 0 Å². The largest absolute Gasteiger partial charge is 0.378 e. The molecule has 0 atom stereocenters. The summed E-state index contributed by atoms with van der Waals surface area (Å²) in [5, 5.41) is 0. The van der Waals surface area contributed by atoms with Crippen molar-refractivity contribution in [3.63, 3.8) is 0 Å². The molecule has 1 nitrogen and oxygen atoms in total. The van der Waals surface area contributed by atoms with Gasteiger partial charge in [-0.3, -0.25) is 0 Å². The fourth-order valence-electron chi connectivity index (χ4n) is 1.45. The van der Waals surface area contributed by atoms with E-state index in [4.69, 9.17) is 0 Å². The fraction of sp³-hybridized carbons (Fsp3) is 0.538. The summed E-state index contributed by atoms with van der Waals surface area (Å²) in [6.45, 7) is 4.55. The summed E-state index contributed by atoms with van der Waals surface area (Å²) >= 11 is 0. The summed E-state index contributed by atoms with van der Waals surface area (Å²) in [7, 11) is 4.17. The Labute approximate surface area is 87.7 Å². The number of nitrogens with zero attached hydrogens (tertiary/aromatic N) is 1. The lowest BCUT2D eigenvalue weighted by atomic mass is 10.0. The van der Waals surface area contributed by atoms with E-state index in [-0.39, 0.29) is 0 Å². The third-order valence-corrected chi connectivity index (χ3v) is 2.44. The van der Waals surface area contributed by atoms with Crippen molar-refractivity contribution in [2.75, 3.05) is 19.0 Å². The molecular weight excluding hydrogens is 170 g/mol. The number of aryl methyl sites for hydroxylation is 1. The van der Waals surface area contributed by atoms with Crippen LogP contribution in [0, 0.1) is 5.92 Å². The van der Waals surface area contributed by atoms with Gasteiger partial charge in [0.15, 0.2) is 0 Å². The van der Waals surface area contributed by atoms with Gasteiger partial charge in [-0.1, -0.05) is 26.0 Å². The Hall–Kier alpha value is -0.980. The molecule has 0 radical (unpaired) electrons. The van der Waals surface area contributed by atoms with Crippen LogP contribution >= 0.6 is 0 Å². The predicted molar refractivity (Wildman–Crippen MR) is 63.9 cm³/mol. The van der Waals surface area contributed by atoms with E-state index in [9.17, 15) is 0 Å². The summed E-state index contributed by atoms with van der Waals surface area (Å²) in [6, 6.07) is 8.79. The summed E-state index contributed by atoms with van der Waals surface area (Å²) in [4.78, 5) is 2.15. The van der Waals surface area contributed by atoms with Gasteiger partial charge in [0.1, 0.15) is 0 Å². The highest BCUT2D eigenvalue weighted by atomic mass is 15.1. The molecule has 0 aliphatic heterocycles. The van der Waals surface area contributed by atoms with Crippen LogP contribution in [-0.2, 0) is 6.42 Å². The molecule has 0 heterocycles. The molecular formula is C13H21N. The van der Waals surface area contributed by atoms with Gasteiger partial charge in [0.25, 0.3) is 0 Å². The monoisotopic (exact) mass is 191 g/mol. The van der Waals surface area contributed by atoms with Gasteiger partial charge >= 0.3 is 0 Å². The second kappa shape index (κ2) is 5.04. The van der Waals surface area contributed by atoms with Crippen LogP contribution < -0.4 is 4.90 Å². The molecule has 0 amide bonds. The van der Waals surface area contributed by atoms with Crippen LogP contribution in [0.25, 0.3) is 0 Å². The molecule has 1 rings (SSSR count). The van der Waals surface area contributed by atoms with Crippen LogP contribution in [-0.4, -0.2) is 14.1 Å². The zero-order chi connectivity index (χ0) is 10.6. The zero-order valence-electron chi connectivity index (χ0n) is 9.75. The summed E-state index contributed by atoms with van der Waals surface area (Å²) in [5.41, 5.74) is 2.75. The normalized spacial score (nSPS) is 10.6. The minimum atomic E-state index is 0.790. The Kier molecular flexibility index (Phi) is 3.99. The van der Waals surface area contributed by atoms with Gasteiger partial charge in [-0.15, -0.1) is 0 Å². The Bertz CT molecular complexity index is 276. The fourth-order valence-corrected chi connectivity index (χ4v) is 1.45. The van der Waals surface area contributed by atoms with Crippen molar-refractivity contribution in [1.82, 2.24) is 0 Å². The summed E-state index contributed by atoms with van der Waals surface area (Å²) in [5.74, 6) is 0.790. The number of hydrogen-bond donors (Lipinski definition) is 0. The van der Waals surface area contributed by atoms with Crippen molar-refractivity contribution in [2.45, 2.75) is 26.7 Å².